The molecule has 1 amide bonds. The van der Waals surface area contributed by atoms with Crippen LogP contribution in [0, 0.1) is 6.92 Å². The van der Waals surface area contributed by atoms with Crippen LogP contribution in [0.5, 0.6) is 0 Å². The predicted octanol–water partition coefficient (Wildman–Crippen LogP) is 1.51. The van der Waals surface area contributed by atoms with Gasteiger partial charge in [-0.2, -0.15) is 0 Å². The smallest absolute Gasteiger partial charge is 0.239 e. The molecule has 0 saturated carbocycles. The summed E-state index contributed by atoms with van der Waals surface area (Å²) >= 11 is 0. The van der Waals surface area contributed by atoms with Gasteiger partial charge in [0.25, 0.3) is 0 Å². The number of hydrogen-bond donors (Lipinski definition) is 1. The second-order valence-electron chi connectivity index (χ2n) is 5.83. The fourth-order valence-electron chi connectivity index (χ4n) is 2.87. The average Bonchev–Trinajstić information content (AvgIpc) is 2.88. The molecule has 2 N–H and O–H groups in total. The van der Waals surface area contributed by atoms with E-state index in [2.05, 4.69) is 30.0 Å². The fraction of sp³-hybridized carbons (Fsp3) is 0.562. The number of likely N-dealkylation sites (tertiary alicyclic amines) is 1. The molecule has 1 unspecified atom stereocenters. The highest BCUT2D eigenvalue weighted by Gasteiger charge is 2.31. The summed E-state index contributed by atoms with van der Waals surface area (Å²) in [4.78, 5) is 16.2. The minimum Gasteiger partial charge on any atom is -0.347 e. The van der Waals surface area contributed by atoms with Gasteiger partial charge in [0.05, 0.1) is 6.04 Å². The van der Waals surface area contributed by atoms with Crippen LogP contribution in [0.15, 0.2) is 18.2 Å². The molecule has 0 bridgehead atoms. The van der Waals surface area contributed by atoms with Crippen molar-refractivity contribution < 1.29 is 4.79 Å². The van der Waals surface area contributed by atoms with Crippen molar-refractivity contribution in [1.29, 1.82) is 0 Å². The Morgan fingerprint density at radius 3 is 2.80 bits per heavy atom. The molecular formula is C16H25N3O. The zero-order chi connectivity index (χ0) is 14.7. The van der Waals surface area contributed by atoms with Crippen molar-refractivity contribution in [3.8, 4) is 0 Å². The van der Waals surface area contributed by atoms with Crippen molar-refractivity contribution in [1.82, 2.24) is 9.80 Å². The molecule has 110 valence electrons. The minimum atomic E-state index is 0.0404. The molecule has 0 spiro atoms. The van der Waals surface area contributed by atoms with Gasteiger partial charge < -0.3 is 10.6 Å². The van der Waals surface area contributed by atoms with Crippen LogP contribution in [-0.4, -0.2) is 42.4 Å². The Labute approximate surface area is 121 Å². The Morgan fingerprint density at radius 2 is 2.20 bits per heavy atom. The van der Waals surface area contributed by atoms with Gasteiger partial charge in [0.2, 0.25) is 5.91 Å². The van der Waals surface area contributed by atoms with Crippen molar-refractivity contribution in [3.05, 3.63) is 34.9 Å². The Kier molecular flexibility index (Phi) is 4.78. The van der Waals surface area contributed by atoms with Gasteiger partial charge in [-0.1, -0.05) is 18.2 Å². The van der Waals surface area contributed by atoms with Crippen LogP contribution in [0.1, 0.15) is 29.5 Å². The van der Waals surface area contributed by atoms with E-state index in [1.165, 1.54) is 11.1 Å². The SMILES string of the molecule is Cc1cc(CN)ccc1CN1CCCC1C(=O)N(C)C. The van der Waals surface area contributed by atoms with Crippen molar-refractivity contribution in [2.75, 3.05) is 20.6 Å². The van der Waals surface area contributed by atoms with Crippen molar-refractivity contribution in [3.63, 3.8) is 0 Å². The summed E-state index contributed by atoms with van der Waals surface area (Å²) in [6.07, 6.45) is 2.07. The molecule has 4 nitrogen and oxygen atoms in total. The first kappa shape index (κ1) is 15.0. The number of carbonyl (C=O) groups is 1. The Bertz CT molecular complexity index is 485. The molecule has 1 saturated heterocycles. The summed E-state index contributed by atoms with van der Waals surface area (Å²) in [6, 6.07) is 6.42. The Hall–Kier alpha value is -1.39. The van der Waals surface area contributed by atoms with E-state index in [0.29, 0.717) is 6.54 Å². The maximum atomic E-state index is 12.2. The first-order valence-corrected chi connectivity index (χ1v) is 7.26. The lowest BCUT2D eigenvalue weighted by atomic mass is 10.0. The second-order valence-corrected chi connectivity index (χ2v) is 5.83. The highest BCUT2D eigenvalue weighted by molar-refractivity contribution is 5.81. The molecule has 0 radical (unpaired) electrons. The van der Waals surface area contributed by atoms with Crippen LogP contribution in [0.4, 0.5) is 0 Å². The third-order valence-corrected chi connectivity index (χ3v) is 4.11. The number of hydrogen-bond acceptors (Lipinski definition) is 3. The van der Waals surface area contributed by atoms with E-state index >= 15 is 0 Å². The third-order valence-electron chi connectivity index (χ3n) is 4.11. The molecule has 2 rings (SSSR count). The van der Waals surface area contributed by atoms with Crippen molar-refractivity contribution in [2.45, 2.75) is 38.9 Å². The van der Waals surface area contributed by atoms with Crippen molar-refractivity contribution >= 4 is 5.91 Å². The minimum absolute atomic E-state index is 0.0404. The number of amides is 1. The zero-order valence-electron chi connectivity index (χ0n) is 12.7. The van der Waals surface area contributed by atoms with E-state index in [-0.39, 0.29) is 11.9 Å². The number of nitrogens with zero attached hydrogens (tertiary/aromatic N) is 2. The van der Waals surface area contributed by atoms with Gasteiger partial charge in [0.15, 0.2) is 0 Å². The van der Waals surface area contributed by atoms with Crippen LogP contribution in [0.3, 0.4) is 0 Å². The molecule has 1 atom stereocenters. The Morgan fingerprint density at radius 1 is 1.45 bits per heavy atom. The molecular weight excluding hydrogens is 250 g/mol. The van der Waals surface area contributed by atoms with E-state index in [4.69, 9.17) is 5.73 Å². The first-order valence-electron chi connectivity index (χ1n) is 7.26. The topological polar surface area (TPSA) is 49.6 Å². The summed E-state index contributed by atoms with van der Waals surface area (Å²) in [5.74, 6) is 0.221. The lowest BCUT2D eigenvalue weighted by Gasteiger charge is -2.26. The van der Waals surface area contributed by atoms with E-state index in [1.807, 2.05) is 14.1 Å². The number of benzene rings is 1. The van der Waals surface area contributed by atoms with Gasteiger partial charge in [0.1, 0.15) is 0 Å². The van der Waals surface area contributed by atoms with Crippen LogP contribution in [0.2, 0.25) is 0 Å². The van der Waals surface area contributed by atoms with E-state index in [0.717, 1.165) is 31.5 Å². The molecule has 1 aromatic carbocycles. The number of likely N-dealkylation sites (N-methyl/N-ethyl adjacent to an activating group) is 1. The normalized spacial score (nSPS) is 19.3. The van der Waals surface area contributed by atoms with Crippen LogP contribution < -0.4 is 5.73 Å². The summed E-state index contributed by atoms with van der Waals surface area (Å²) in [7, 11) is 3.67. The zero-order valence-corrected chi connectivity index (χ0v) is 12.7. The lowest BCUT2D eigenvalue weighted by Crippen LogP contribution is -2.42. The number of rotatable bonds is 4. The molecule has 1 fully saturated rings. The summed E-state index contributed by atoms with van der Waals surface area (Å²) in [5.41, 5.74) is 9.38. The van der Waals surface area contributed by atoms with Gasteiger partial charge >= 0.3 is 0 Å². The highest BCUT2D eigenvalue weighted by Crippen LogP contribution is 2.23. The van der Waals surface area contributed by atoms with Gasteiger partial charge in [-0.15, -0.1) is 0 Å². The maximum Gasteiger partial charge on any atom is 0.239 e. The fourth-order valence-corrected chi connectivity index (χ4v) is 2.87. The standard InChI is InChI=1S/C16H25N3O/c1-12-9-13(10-17)6-7-14(12)11-19-8-4-5-15(19)16(20)18(2)3/h6-7,9,15H,4-5,8,10-11,17H2,1-3H3. The van der Waals surface area contributed by atoms with Crippen LogP contribution in [-0.2, 0) is 17.9 Å². The third kappa shape index (κ3) is 3.19. The summed E-state index contributed by atoms with van der Waals surface area (Å²) in [6.45, 7) is 4.54. The first-order chi connectivity index (χ1) is 9.52. The average molecular weight is 275 g/mol. The summed E-state index contributed by atoms with van der Waals surface area (Å²) < 4.78 is 0. The molecule has 0 aromatic heterocycles. The predicted molar refractivity (Wildman–Crippen MR) is 81.2 cm³/mol. The molecule has 0 aliphatic carbocycles. The molecule has 1 aromatic rings. The lowest BCUT2D eigenvalue weighted by molar-refractivity contribution is -0.133. The van der Waals surface area contributed by atoms with E-state index in [9.17, 15) is 4.79 Å². The van der Waals surface area contributed by atoms with Crippen molar-refractivity contribution in [2.24, 2.45) is 5.73 Å². The monoisotopic (exact) mass is 275 g/mol. The largest absolute Gasteiger partial charge is 0.347 e. The highest BCUT2D eigenvalue weighted by atomic mass is 16.2. The van der Waals surface area contributed by atoms with Crippen LogP contribution >= 0.6 is 0 Å². The number of carbonyl (C=O) groups excluding carboxylic acids is 1. The molecule has 1 heterocycles. The van der Waals surface area contributed by atoms with Gasteiger partial charge in [-0.05, 0) is 43.0 Å². The molecule has 1 aliphatic heterocycles. The van der Waals surface area contributed by atoms with Gasteiger partial charge in [-0.25, -0.2) is 0 Å². The molecule has 4 heteroatoms. The Balaban J connectivity index is 2.11. The van der Waals surface area contributed by atoms with E-state index in [1.54, 1.807) is 4.90 Å². The van der Waals surface area contributed by atoms with Gasteiger partial charge in [-0.3, -0.25) is 9.69 Å². The summed E-state index contributed by atoms with van der Waals surface area (Å²) in [5, 5.41) is 0. The quantitative estimate of drug-likeness (QED) is 0.906. The van der Waals surface area contributed by atoms with Crippen LogP contribution in [0.25, 0.3) is 0 Å². The van der Waals surface area contributed by atoms with Gasteiger partial charge in [0, 0.05) is 27.2 Å². The van der Waals surface area contributed by atoms with E-state index < -0.39 is 0 Å². The second kappa shape index (κ2) is 6.37. The molecule has 20 heavy (non-hydrogen) atoms. The molecule has 1 aliphatic rings. The maximum absolute atomic E-state index is 12.2. The number of nitrogens with two attached hydrogens (primary N) is 1. The number of aryl methyl sites for hydroxylation is 1.